The van der Waals surface area contributed by atoms with Gasteiger partial charge in [0, 0.05) is 6.07 Å². The van der Waals surface area contributed by atoms with E-state index < -0.39 is 0 Å². The molecule has 1 rings (SSSR count). The molecule has 0 amide bonds. The van der Waals surface area contributed by atoms with Gasteiger partial charge < -0.3 is 10.5 Å². The van der Waals surface area contributed by atoms with Crippen molar-refractivity contribution in [3.63, 3.8) is 0 Å². The highest BCUT2D eigenvalue weighted by molar-refractivity contribution is 5.39. The molecule has 0 fully saturated rings. The second-order valence-corrected chi connectivity index (χ2v) is 3.48. The summed E-state index contributed by atoms with van der Waals surface area (Å²) in [6.07, 6.45) is 4.33. The second kappa shape index (κ2) is 4.70. The summed E-state index contributed by atoms with van der Waals surface area (Å²) in [7, 11) is 0. The molecule has 1 heterocycles. The van der Waals surface area contributed by atoms with Gasteiger partial charge in [-0.2, -0.15) is 0 Å². The predicted octanol–water partition coefficient (Wildman–Crippen LogP) is 2.09. The summed E-state index contributed by atoms with van der Waals surface area (Å²) in [6.45, 7) is 5.06. The highest BCUT2D eigenvalue weighted by Gasteiger charge is 1.96. The van der Waals surface area contributed by atoms with Crippen LogP contribution in [-0.2, 0) is 0 Å². The first-order valence-electron chi connectivity index (χ1n) is 4.52. The molecule has 0 saturated carbocycles. The monoisotopic (exact) mass is 180 g/mol. The summed E-state index contributed by atoms with van der Waals surface area (Å²) in [5.41, 5.74) is 6.19. The Hall–Kier alpha value is -1.25. The predicted molar refractivity (Wildman–Crippen MR) is 53.6 cm³/mol. The van der Waals surface area contributed by atoms with Gasteiger partial charge in [-0.15, -0.1) is 0 Å². The minimum atomic E-state index is 0.641. The molecular formula is C10H16N2O. The van der Waals surface area contributed by atoms with Gasteiger partial charge >= 0.3 is 0 Å². The molecule has 0 bridgehead atoms. The molecule has 72 valence electrons. The number of rotatable bonds is 4. The first-order valence-corrected chi connectivity index (χ1v) is 4.52. The molecule has 0 aromatic carbocycles. The number of anilines is 1. The van der Waals surface area contributed by atoms with Crippen LogP contribution in [0.4, 0.5) is 5.69 Å². The van der Waals surface area contributed by atoms with Gasteiger partial charge in [-0.05, 0) is 12.3 Å². The van der Waals surface area contributed by atoms with Crippen molar-refractivity contribution in [1.82, 2.24) is 4.98 Å². The maximum Gasteiger partial charge on any atom is 0.139 e. The summed E-state index contributed by atoms with van der Waals surface area (Å²) in [5, 5.41) is 0. The lowest BCUT2D eigenvalue weighted by atomic mass is 10.1. The molecule has 0 aliphatic heterocycles. The lowest BCUT2D eigenvalue weighted by Crippen LogP contribution is -2.01. The zero-order valence-corrected chi connectivity index (χ0v) is 8.16. The zero-order chi connectivity index (χ0) is 9.68. The Bertz CT molecular complexity index is 261. The first-order chi connectivity index (χ1) is 6.18. The average molecular weight is 180 g/mol. The molecule has 2 N–H and O–H groups in total. The van der Waals surface area contributed by atoms with Crippen LogP contribution in [0, 0.1) is 5.92 Å². The standard InChI is InChI=1S/C10H16N2O/c1-8(2)3-4-13-10-5-9(11)6-12-7-10/h5-8H,3-4,11H2,1-2H3. The number of ether oxygens (including phenoxy) is 1. The van der Waals surface area contributed by atoms with Gasteiger partial charge in [0.1, 0.15) is 5.75 Å². The molecule has 0 unspecified atom stereocenters. The Morgan fingerprint density at radius 2 is 2.23 bits per heavy atom. The fraction of sp³-hybridized carbons (Fsp3) is 0.500. The van der Waals surface area contributed by atoms with E-state index >= 15 is 0 Å². The van der Waals surface area contributed by atoms with Crippen LogP contribution in [0.25, 0.3) is 0 Å². The average Bonchev–Trinajstić information content (AvgIpc) is 2.03. The van der Waals surface area contributed by atoms with E-state index in [1.807, 2.05) is 0 Å². The summed E-state index contributed by atoms with van der Waals surface area (Å²) in [6, 6.07) is 1.79. The Kier molecular flexibility index (Phi) is 3.55. The van der Waals surface area contributed by atoms with Crippen molar-refractivity contribution in [2.45, 2.75) is 20.3 Å². The lowest BCUT2D eigenvalue weighted by molar-refractivity contribution is 0.288. The van der Waals surface area contributed by atoms with E-state index in [0.29, 0.717) is 11.6 Å². The van der Waals surface area contributed by atoms with Gasteiger partial charge in [0.05, 0.1) is 24.7 Å². The van der Waals surface area contributed by atoms with Crippen molar-refractivity contribution in [3.8, 4) is 5.75 Å². The maximum absolute atomic E-state index is 5.55. The van der Waals surface area contributed by atoms with Crippen molar-refractivity contribution in [2.24, 2.45) is 5.92 Å². The normalized spacial score (nSPS) is 10.4. The third-order valence-corrected chi connectivity index (χ3v) is 1.70. The Labute approximate surface area is 78.9 Å². The van der Waals surface area contributed by atoms with E-state index in [-0.39, 0.29) is 0 Å². The van der Waals surface area contributed by atoms with Crippen LogP contribution >= 0.6 is 0 Å². The van der Waals surface area contributed by atoms with Gasteiger partial charge in [-0.3, -0.25) is 4.98 Å². The van der Waals surface area contributed by atoms with Crippen LogP contribution in [0.3, 0.4) is 0 Å². The molecule has 1 aromatic rings. The molecule has 13 heavy (non-hydrogen) atoms. The van der Waals surface area contributed by atoms with E-state index in [4.69, 9.17) is 10.5 Å². The van der Waals surface area contributed by atoms with E-state index in [9.17, 15) is 0 Å². The largest absolute Gasteiger partial charge is 0.492 e. The molecule has 0 aliphatic rings. The number of nitrogens with two attached hydrogens (primary N) is 1. The summed E-state index contributed by atoms with van der Waals surface area (Å²) < 4.78 is 5.46. The highest BCUT2D eigenvalue weighted by Crippen LogP contribution is 2.13. The highest BCUT2D eigenvalue weighted by atomic mass is 16.5. The van der Waals surface area contributed by atoms with Gasteiger partial charge in [0.2, 0.25) is 0 Å². The van der Waals surface area contributed by atoms with Crippen LogP contribution in [0.1, 0.15) is 20.3 Å². The number of nitrogen functional groups attached to an aromatic ring is 1. The van der Waals surface area contributed by atoms with E-state index in [2.05, 4.69) is 18.8 Å². The number of aromatic nitrogens is 1. The maximum atomic E-state index is 5.55. The van der Waals surface area contributed by atoms with Crippen LogP contribution in [0.5, 0.6) is 5.75 Å². The van der Waals surface area contributed by atoms with Crippen molar-refractivity contribution >= 4 is 5.69 Å². The summed E-state index contributed by atoms with van der Waals surface area (Å²) in [5.74, 6) is 1.41. The molecule has 0 radical (unpaired) electrons. The minimum Gasteiger partial charge on any atom is -0.492 e. The van der Waals surface area contributed by atoms with Gasteiger partial charge in [0.15, 0.2) is 0 Å². The summed E-state index contributed by atoms with van der Waals surface area (Å²) >= 11 is 0. The molecule has 1 aromatic heterocycles. The molecule has 0 aliphatic carbocycles. The third-order valence-electron chi connectivity index (χ3n) is 1.70. The molecule has 0 saturated heterocycles. The number of nitrogens with zero attached hydrogens (tertiary/aromatic N) is 1. The van der Waals surface area contributed by atoms with Crippen molar-refractivity contribution in [2.75, 3.05) is 12.3 Å². The first kappa shape index (κ1) is 9.84. The van der Waals surface area contributed by atoms with E-state index in [1.54, 1.807) is 18.5 Å². The van der Waals surface area contributed by atoms with Crippen LogP contribution in [0.15, 0.2) is 18.5 Å². The lowest BCUT2D eigenvalue weighted by Gasteiger charge is -2.07. The topological polar surface area (TPSA) is 48.1 Å². The quantitative estimate of drug-likeness (QED) is 0.771. The zero-order valence-electron chi connectivity index (χ0n) is 8.16. The Morgan fingerprint density at radius 1 is 1.46 bits per heavy atom. The fourth-order valence-corrected chi connectivity index (χ4v) is 0.927. The van der Waals surface area contributed by atoms with Crippen LogP contribution in [-0.4, -0.2) is 11.6 Å². The minimum absolute atomic E-state index is 0.641. The van der Waals surface area contributed by atoms with E-state index in [1.165, 1.54) is 0 Å². The van der Waals surface area contributed by atoms with Gasteiger partial charge in [-0.25, -0.2) is 0 Å². The van der Waals surface area contributed by atoms with Crippen molar-refractivity contribution in [3.05, 3.63) is 18.5 Å². The van der Waals surface area contributed by atoms with Crippen LogP contribution < -0.4 is 10.5 Å². The molecule has 3 heteroatoms. The summed E-state index contributed by atoms with van der Waals surface area (Å²) in [4.78, 5) is 3.93. The van der Waals surface area contributed by atoms with Gasteiger partial charge in [0.25, 0.3) is 0 Å². The molecule has 0 spiro atoms. The molecule has 0 atom stereocenters. The Balaban J connectivity index is 2.37. The SMILES string of the molecule is CC(C)CCOc1cncc(N)c1. The number of hydrogen-bond acceptors (Lipinski definition) is 3. The van der Waals surface area contributed by atoms with Gasteiger partial charge in [-0.1, -0.05) is 13.8 Å². The van der Waals surface area contributed by atoms with E-state index in [0.717, 1.165) is 18.8 Å². The Morgan fingerprint density at radius 3 is 2.85 bits per heavy atom. The fourth-order valence-electron chi connectivity index (χ4n) is 0.927. The third kappa shape index (κ3) is 3.78. The van der Waals surface area contributed by atoms with Crippen molar-refractivity contribution in [1.29, 1.82) is 0 Å². The number of hydrogen-bond donors (Lipinski definition) is 1. The molecule has 3 nitrogen and oxygen atoms in total. The van der Waals surface area contributed by atoms with Crippen molar-refractivity contribution < 1.29 is 4.74 Å². The smallest absolute Gasteiger partial charge is 0.139 e. The second-order valence-electron chi connectivity index (χ2n) is 3.48. The van der Waals surface area contributed by atoms with Crippen LogP contribution in [0.2, 0.25) is 0 Å². The number of pyridine rings is 1. The molecular weight excluding hydrogens is 164 g/mol.